The number of hydrogen-bond donors (Lipinski definition) is 2. The lowest BCUT2D eigenvalue weighted by molar-refractivity contribution is 1.22. The van der Waals surface area contributed by atoms with E-state index in [0.29, 0.717) is 11.3 Å². The molecule has 0 amide bonds. The summed E-state index contributed by atoms with van der Waals surface area (Å²) < 4.78 is 0. The van der Waals surface area contributed by atoms with Crippen LogP contribution in [0, 0.1) is 17.3 Å². The van der Waals surface area contributed by atoms with E-state index >= 15 is 0 Å². The number of allylic oxidation sites excluding steroid dienone is 5. The minimum absolute atomic E-state index is 0.572. The second kappa shape index (κ2) is 10.5. The second-order valence-electron chi connectivity index (χ2n) is 6.21. The van der Waals surface area contributed by atoms with Crippen LogP contribution in [0.1, 0.15) is 23.6 Å². The van der Waals surface area contributed by atoms with Gasteiger partial charge in [-0.25, -0.2) is 0 Å². The fraction of sp³-hybridized carbons (Fsp3) is 0.120. The molecule has 4 nitrogen and oxygen atoms in total. The Morgan fingerprint density at radius 3 is 2.66 bits per heavy atom. The highest BCUT2D eigenvalue weighted by Gasteiger charge is 2.14. The van der Waals surface area contributed by atoms with Gasteiger partial charge in [-0.1, -0.05) is 54.8 Å². The molecule has 0 atom stereocenters. The Hall–Kier alpha value is -3.84. The summed E-state index contributed by atoms with van der Waals surface area (Å²) in [4.78, 5) is 6.48. The molecule has 3 N–H and O–H groups in total. The predicted molar refractivity (Wildman–Crippen MR) is 126 cm³/mol. The first kappa shape index (κ1) is 21.5. The van der Waals surface area contributed by atoms with Gasteiger partial charge >= 0.3 is 0 Å². The average molecular weight is 383 g/mol. The van der Waals surface area contributed by atoms with E-state index in [1.165, 1.54) is 6.21 Å². The molecule has 29 heavy (non-hydrogen) atoms. The van der Waals surface area contributed by atoms with E-state index in [9.17, 15) is 0 Å². The van der Waals surface area contributed by atoms with Crippen LogP contribution < -0.4 is 10.6 Å². The van der Waals surface area contributed by atoms with Crippen LogP contribution in [-0.2, 0) is 0 Å². The molecule has 0 aliphatic carbocycles. The first-order chi connectivity index (χ1) is 14.0. The molecule has 2 aromatic carbocycles. The van der Waals surface area contributed by atoms with Crippen LogP contribution in [0.25, 0.3) is 0 Å². The molecular weight excluding hydrogens is 356 g/mol. The third-order valence-electron chi connectivity index (χ3n) is 4.34. The monoisotopic (exact) mass is 382 g/mol. The number of hydrogen-bond acceptors (Lipinski definition) is 3. The van der Waals surface area contributed by atoms with Crippen LogP contribution >= 0.6 is 0 Å². The highest BCUT2D eigenvalue weighted by Crippen LogP contribution is 2.22. The minimum Gasteiger partial charge on any atom is -0.398 e. The van der Waals surface area contributed by atoms with Crippen molar-refractivity contribution < 1.29 is 0 Å². The topological polar surface area (TPSA) is 65.5 Å². The van der Waals surface area contributed by atoms with Gasteiger partial charge in [-0.05, 0) is 37.3 Å². The Morgan fingerprint density at radius 2 is 2.00 bits per heavy atom. The van der Waals surface area contributed by atoms with Crippen LogP contribution in [-0.4, -0.2) is 26.1 Å². The van der Waals surface area contributed by atoms with Crippen LogP contribution in [0.5, 0.6) is 0 Å². The molecule has 0 aliphatic rings. The largest absolute Gasteiger partial charge is 0.398 e. The molecule has 0 spiro atoms. The van der Waals surface area contributed by atoms with Gasteiger partial charge in [0.25, 0.3) is 0 Å². The molecule has 0 aromatic heterocycles. The highest BCUT2D eigenvalue weighted by molar-refractivity contribution is 6.11. The molecule has 0 bridgehead atoms. The van der Waals surface area contributed by atoms with Crippen LogP contribution in [0.2, 0.25) is 0 Å². The summed E-state index contributed by atoms with van der Waals surface area (Å²) in [5, 5.41) is 7.54. The summed E-state index contributed by atoms with van der Waals surface area (Å²) in [5.74, 6) is 7.18. The SMILES string of the molecule is C=C/C(C#Cc1ccccc1C(=NC)N(C)c1ccc(N)c(C=N)c1)=C\C=C/C. The smallest absolute Gasteiger partial charge is 0.136 e. The van der Waals surface area contributed by atoms with E-state index in [2.05, 4.69) is 23.4 Å². The number of rotatable bonds is 5. The maximum Gasteiger partial charge on any atom is 0.136 e. The van der Waals surface area contributed by atoms with Gasteiger partial charge in [0, 0.05) is 53.9 Å². The highest BCUT2D eigenvalue weighted by atomic mass is 15.2. The third-order valence-corrected chi connectivity index (χ3v) is 4.34. The maximum absolute atomic E-state index is 7.54. The average Bonchev–Trinajstić information content (AvgIpc) is 2.75. The van der Waals surface area contributed by atoms with Crippen LogP contribution in [0.4, 0.5) is 11.4 Å². The summed E-state index contributed by atoms with van der Waals surface area (Å²) in [6.45, 7) is 5.79. The van der Waals surface area contributed by atoms with Crippen molar-refractivity contribution >= 4 is 23.4 Å². The molecule has 0 saturated heterocycles. The number of nitrogens with zero attached hydrogens (tertiary/aromatic N) is 2. The van der Waals surface area contributed by atoms with Gasteiger partial charge in [0.15, 0.2) is 0 Å². The Kier molecular flexibility index (Phi) is 7.76. The first-order valence-electron chi connectivity index (χ1n) is 9.23. The van der Waals surface area contributed by atoms with Gasteiger partial charge in [-0.15, -0.1) is 0 Å². The standard InChI is InChI=1S/C25H26N4/c1-5-7-10-19(6-2)13-14-20-11-8-9-12-23(20)25(28-3)29(4)22-15-16-24(27)21(17-22)18-26/h5-12,15-18,26H,2,27H2,1,3-4H3/b7-5-,19-10+,26-18?,28-25?. The van der Waals surface area contributed by atoms with Crippen molar-refractivity contribution in [2.45, 2.75) is 6.92 Å². The summed E-state index contributed by atoms with van der Waals surface area (Å²) in [6, 6.07) is 13.5. The number of aliphatic imine (C=N–C) groups is 1. The Labute approximate surface area is 173 Å². The summed E-state index contributed by atoms with van der Waals surface area (Å²) in [6.07, 6.45) is 8.81. The Morgan fingerprint density at radius 1 is 1.24 bits per heavy atom. The van der Waals surface area contributed by atoms with E-state index in [1.807, 2.05) is 73.5 Å². The second-order valence-corrected chi connectivity index (χ2v) is 6.21. The lowest BCUT2D eigenvalue weighted by atomic mass is 10.0. The maximum atomic E-state index is 7.54. The molecule has 0 radical (unpaired) electrons. The van der Waals surface area contributed by atoms with Crippen LogP contribution in [0.15, 0.2) is 83.9 Å². The molecule has 2 aromatic rings. The quantitative estimate of drug-likeness (QED) is 0.256. The van der Waals surface area contributed by atoms with Gasteiger partial charge in [0.05, 0.1) is 0 Å². The van der Waals surface area contributed by atoms with E-state index < -0.39 is 0 Å². The Balaban J connectivity index is 2.48. The van der Waals surface area contributed by atoms with Gasteiger partial charge in [0.2, 0.25) is 0 Å². The third kappa shape index (κ3) is 5.33. The molecule has 0 fully saturated rings. The normalized spacial score (nSPS) is 11.7. The van der Waals surface area contributed by atoms with Crippen molar-refractivity contribution in [3.8, 4) is 11.8 Å². The summed E-state index contributed by atoms with van der Waals surface area (Å²) in [7, 11) is 3.69. The van der Waals surface area contributed by atoms with Gasteiger partial charge < -0.3 is 16.0 Å². The molecule has 0 saturated carbocycles. The van der Waals surface area contributed by atoms with Crippen molar-refractivity contribution in [2.24, 2.45) is 4.99 Å². The molecule has 0 aliphatic heterocycles. The lowest BCUT2D eigenvalue weighted by Gasteiger charge is -2.23. The lowest BCUT2D eigenvalue weighted by Crippen LogP contribution is -2.28. The zero-order valence-electron chi connectivity index (χ0n) is 17.1. The molecule has 4 heteroatoms. The summed E-state index contributed by atoms with van der Waals surface area (Å²) >= 11 is 0. The first-order valence-corrected chi connectivity index (χ1v) is 9.23. The van der Waals surface area contributed by atoms with E-state index in [1.54, 1.807) is 19.2 Å². The molecule has 2 rings (SSSR count). The van der Waals surface area contributed by atoms with Crippen molar-refractivity contribution in [3.63, 3.8) is 0 Å². The van der Waals surface area contributed by atoms with E-state index in [-0.39, 0.29) is 0 Å². The Bertz CT molecular complexity index is 1050. The number of benzene rings is 2. The number of nitrogen functional groups attached to an aromatic ring is 1. The van der Waals surface area contributed by atoms with Crippen molar-refractivity contribution in [1.82, 2.24) is 0 Å². The fourth-order valence-electron chi connectivity index (χ4n) is 2.76. The zero-order valence-corrected chi connectivity index (χ0v) is 17.1. The zero-order chi connectivity index (χ0) is 21.2. The van der Waals surface area contributed by atoms with Gasteiger partial charge in [-0.2, -0.15) is 0 Å². The number of amidine groups is 1. The number of anilines is 2. The molecule has 0 unspecified atom stereocenters. The van der Waals surface area contributed by atoms with Crippen molar-refractivity contribution in [3.05, 3.63) is 95.6 Å². The summed E-state index contributed by atoms with van der Waals surface area (Å²) in [5.41, 5.74) is 10.7. The van der Waals surface area contributed by atoms with Gasteiger partial charge in [0.1, 0.15) is 5.84 Å². The van der Waals surface area contributed by atoms with E-state index in [0.717, 1.165) is 28.2 Å². The van der Waals surface area contributed by atoms with Gasteiger partial charge in [-0.3, -0.25) is 4.99 Å². The molecular formula is C25H26N4. The number of nitrogens with one attached hydrogen (secondary N) is 1. The van der Waals surface area contributed by atoms with Crippen molar-refractivity contribution in [2.75, 3.05) is 24.7 Å². The predicted octanol–water partition coefficient (Wildman–Crippen LogP) is 4.82. The minimum atomic E-state index is 0.572. The van der Waals surface area contributed by atoms with Crippen LogP contribution in [0.3, 0.4) is 0 Å². The molecule has 146 valence electrons. The fourth-order valence-corrected chi connectivity index (χ4v) is 2.76. The number of nitrogens with two attached hydrogens (primary N) is 1. The van der Waals surface area contributed by atoms with Crippen molar-refractivity contribution in [1.29, 1.82) is 5.41 Å². The van der Waals surface area contributed by atoms with E-state index in [4.69, 9.17) is 11.1 Å². The molecule has 0 heterocycles.